The third-order valence-electron chi connectivity index (χ3n) is 4.82. The zero-order chi connectivity index (χ0) is 13.9. The Hall–Kier alpha value is -0.960. The molecule has 1 N–H and O–H groups in total. The van der Waals surface area contributed by atoms with Crippen LogP contribution in [0.4, 0.5) is 0 Å². The SMILES string of the molecule is CCCc1nc(C2CCCC(C)C2)nc2c1CNCC2. The second kappa shape index (κ2) is 6.21. The minimum Gasteiger partial charge on any atom is -0.312 e. The zero-order valence-electron chi connectivity index (χ0n) is 12.9. The third-order valence-corrected chi connectivity index (χ3v) is 4.82. The highest BCUT2D eigenvalue weighted by molar-refractivity contribution is 5.29. The maximum absolute atomic E-state index is 4.98. The van der Waals surface area contributed by atoms with Crippen molar-refractivity contribution in [1.29, 1.82) is 0 Å². The Kier molecular flexibility index (Phi) is 4.35. The molecule has 2 heterocycles. The molecule has 0 saturated heterocycles. The van der Waals surface area contributed by atoms with Crippen LogP contribution in [0.1, 0.15) is 74.6 Å². The molecule has 0 spiro atoms. The Labute approximate surface area is 122 Å². The van der Waals surface area contributed by atoms with E-state index in [1.54, 1.807) is 0 Å². The molecule has 0 aromatic carbocycles. The first-order valence-electron chi connectivity index (χ1n) is 8.37. The van der Waals surface area contributed by atoms with Crippen molar-refractivity contribution in [2.24, 2.45) is 5.92 Å². The van der Waals surface area contributed by atoms with Gasteiger partial charge in [0, 0.05) is 36.7 Å². The highest BCUT2D eigenvalue weighted by Crippen LogP contribution is 2.35. The van der Waals surface area contributed by atoms with Crippen molar-refractivity contribution in [2.75, 3.05) is 6.54 Å². The third kappa shape index (κ3) is 2.88. The number of nitrogens with one attached hydrogen (secondary N) is 1. The van der Waals surface area contributed by atoms with Gasteiger partial charge in [-0.1, -0.05) is 33.1 Å². The highest BCUT2D eigenvalue weighted by atomic mass is 15.0. The molecule has 3 nitrogen and oxygen atoms in total. The minimum atomic E-state index is 0.606. The van der Waals surface area contributed by atoms with Crippen LogP contribution in [0.2, 0.25) is 0 Å². The molecule has 1 aromatic heterocycles. The van der Waals surface area contributed by atoms with Gasteiger partial charge in [0.05, 0.1) is 5.69 Å². The lowest BCUT2D eigenvalue weighted by atomic mass is 9.82. The van der Waals surface area contributed by atoms with Crippen molar-refractivity contribution < 1.29 is 0 Å². The van der Waals surface area contributed by atoms with Crippen LogP contribution >= 0.6 is 0 Å². The lowest BCUT2D eigenvalue weighted by molar-refractivity contribution is 0.333. The van der Waals surface area contributed by atoms with Gasteiger partial charge in [0.1, 0.15) is 5.82 Å². The Morgan fingerprint density at radius 1 is 1.25 bits per heavy atom. The first-order chi connectivity index (χ1) is 9.78. The number of fused-ring (bicyclic) bond motifs is 1. The summed E-state index contributed by atoms with van der Waals surface area (Å²) in [6.45, 7) is 6.65. The molecule has 1 aromatic rings. The van der Waals surface area contributed by atoms with E-state index in [0.717, 1.165) is 37.7 Å². The van der Waals surface area contributed by atoms with E-state index in [9.17, 15) is 0 Å². The van der Waals surface area contributed by atoms with Crippen LogP contribution in [-0.2, 0) is 19.4 Å². The molecule has 1 aliphatic carbocycles. The van der Waals surface area contributed by atoms with Crippen molar-refractivity contribution in [2.45, 2.75) is 71.3 Å². The smallest absolute Gasteiger partial charge is 0.131 e. The van der Waals surface area contributed by atoms with Crippen LogP contribution in [-0.4, -0.2) is 16.5 Å². The monoisotopic (exact) mass is 273 g/mol. The molecule has 1 saturated carbocycles. The number of aryl methyl sites for hydroxylation is 1. The Morgan fingerprint density at radius 3 is 2.95 bits per heavy atom. The maximum Gasteiger partial charge on any atom is 0.131 e. The fraction of sp³-hybridized carbons (Fsp3) is 0.765. The maximum atomic E-state index is 4.98. The van der Waals surface area contributed by atoms with Gasteiger partial charge in [-0.05, 0) is 25.2 Å². The number of aromatic nitrogens is 2. The van der Waals surface area contributed by atoms with Crippen molar-refractivity contribution in [1.82, 2.24) is 15.3 Å². The second-order valence-corrected chi connectivity index (χ2v) is 6.60. The Balaban J connectivity index is 1.92. The Bertz CT molecular complexity index is 470. The average molecular weight is 273 g/mol. The van der Waals surface area contributed by atoms with E-state index in [0.29, 0.717) is 5.92 Å². The largest absolute Gasteiger partial charge is 0.312 e. The lowest BCUT2D eigenvalue weighted by Gasteiger charge is -2.27. The summed E-state index contributed by atoms with van der Waals surface area (Å²) < 4.78 is 0. The molecule has 20 heavy (non-hydrogen) atoms. The molecule has 1 fully saturated rings. The van der Waals surface area contributed by atoms with Gasteiger partial charge in [-0.25, -0.2) is 9.97 Å². The first kappa shape index (κ1) is 14.0. The highest BCUT2D eigenvalue weighted by Gasteiger charge is 2.25. The molecule has 110 valence electrons. The van der Waals surface area contributed by atoms with Gasteiger partial charge in [-0.15, -0.1) is 0 Å². The van der Waals surface area contributed by atoms with Gasteiger partial charge in [-0.2, -0.15) is 0 Å². The van der Waals surface area contributed by atoms with E-state index in [1.807, 2.05) is 0 Å². The van der Waals surface area contributed by atoms with Crippen LogP contribution in [0.3, 0.4) is 0 Å². The molecule has 3 heteroatoms. The lowest BCUT2D eigenvalue weighted by Crippen LogP contribution is -2.28. The number of hydrogen-bond donors (Lipinski definition) is 1. The van der Waals surface area contributed by atoms with Crippen LogP contribution in [0.15, 0.2) is 0 Å². The summed E-state index contributed by atoms with van der Waals surface area (Å²) in [7, 11) is 0. The van der Waals surface area contributed by atoms with Crippen molar-refractivity contribution in [3.8, 4) is 0 Å². The Morgan fingerprint density at radius 2 is 2.15 bits per heavy atom. The molecule has 3 rings (SSSR count). The van der Waals surface area contributed by atoms with Crippen LogP contribution in [0.25, 0.3) is 0 Å². The van der Waals surface area contributed by atoms with Gasteiger partial charge < -0.3 is 5.32 Å². The predicted octanol–water partition coefficient (Wildman–Crippen LogP) is 3.37. The number of nitrogens with zero attached hydrogens (tertiary/aromatic N) is 2. The molecule has 2 atom stereocenters. The summed E-state index contributed by atoms with van der Waals surface area (Å²) in [6, 6.07) is 0. The van der Waals surface area contributed by atoms with Gasteiger partial charge in [0.25, 0.3) is 0 Å². The molecular formula is C17H27N3. The first-order valence-corrected chi connectivity index (χ1v) is 8.37. The molecule has 0 radical (unpaired) electrons. The fourth-order valence-electron chi connectivity index (χ4n) is 3.73. The van der Waals surface area contributed by atoms with Gasteiger partial charge in [0.2, 0.25) is 0 Å². The topological polar surface area (TPSA) is 37.8 Å². The van der Waals surface area contributed by atoms with Crippen LogP contribution in [0.5, 0.6) is 0 Å². The summed E-state index contributed by atoms with van der Waals surface area (Å²) in [5.41, 5.74) is 4.04. The summed E-state index contributed by atoms with van der Waals surface area (Å²) in [4.78, 5) is 9.95. The van der Waals surface area contributed by atoms with E-state index in [1.165, 1.54) is 49.1 Å². The van der Waals surface area contributed by atoms with E-state index in [4.69, 9.17) is 9.97 Å². The fourth-order valence-corrected chi connectivity index (χ4v) is 3.73. The minimum absolute atomic E-state index is 0.606. The van der Waals surface area contributed by atoms with Gasteiger partial charge >= 0.3 is 0 Å². The normalized spacial score (nSPS) is 26.3. The summed E-state index contributed by atoms with van der Waals surface area (Å²) in [5.74, 6) is 2.60. The van der Waals surface area contributed by atoms with E-state index >= 15 is 0 Å². The van der Waals surface area contributed by atoms with Crippen molar-refractivity contribution >= 4 is 0 Å². The van der Waals surface area contributed by atoms with E-state index in [-0.39, 0.29) is 0 Å². The summed E-state index contributed by atoms with van der Waals surface area (Å²) in [6.07, 6.45) is 8.63. The van der Waals surface area contributed by atoms with Gasteiger partial charge in [0.15, 0.2) is 0 Å². The average Bonchev–Trinajstić information content (AvgIpc) is 2.47. The quantitative estimate of drug-likeness (QED) is 0.917. The molecular weight excluding hydrogens is 246 g/mol. The summed E-state index contributed by atoms with van der Waals surface area (Å²) >= 11 is 0. The van der Waals surface area contributed by atoms with E-state index < -0.39 is 0 Å². The number of hydrogen-bond acceptors (Lipinski definition) is 3. The number of rotatable bonds is 3. The molecule has 0 bridgehead atoms. The van der Waals surface area contributed by atoms with Crippen molar-refractivity contribution in [3.63, 3.8) is 0 Å². The van der Waals surface area contributed by atoms with Crippen LogP contribution in [0, 0.1) is 5.92 Å². The van der Waals surface area contributed by atoms with Crippen molar-refractivity contribution in [3.05, 3.63) is 22.8 Å². The molecule has 0 amide bonds. The van der Waals surface area contributed by atoms with Crippen LogP contribution < -0.4 is 5.32 Å². The standard InChI is InChI=1S/C17H27N3/c1-3-5-15-14-11-18-9-8-16(14)20-17(19-15)13-7-4-6-12(2)10-13/h12-13,18H,3-11H2,1-2H3. The molecule has 1 aliphatic heterocycles. The predicted molar refractivity (Wildman–Crippen MR) is 81.8 cm³/mol. The van der Waals surface area contributed by atoms with E-state index in [2.05, 4.69) is 19.2 Å². The molecule has 2 aliphatic rings. The van der Waals surface area contributed by atoms with Gasteiger partial charge in [-0.3, -0.25) is 0 Å². The zero-order valence-corrected chi connectivity index (χ0v) is 12.9. The summed E-state index contributed by atoms with van der Waals surface area (Å²) in [5, 5.41) is 3.47. The second-order valence-electron chi connectivity index (χ2n) is 6.60. The molecule has 2 unspecified atom stereocenters.